The van der Waals surface area contributed by atoms with E-state index in [0.717, 1.165) is 42.9 Å². The number of hydrogen-bond acceptors (Lipinski definition) is 4. The summed E-state index contributed by atoms with van der Waals surface area (Å²) >= 11 is 0. The van der Waals surface area contributed by atoms with Gasteiger partial charge in [0.25, 0.3) is 5.91 Å². The molecule has 8 heteroatoms. The Labute approximate surface area is 148 Å². The minimum absolute atomic E-state index is 0.343. The molecule has 1 aliphatic carbocycles. The van der Waals surface area contributed by atoms with Gasteiger partial charge in [0.05, 0.1) is 11.3 Å². The predicted molar refractivity (Wildman–Crippen MR) is 88.5 cm³/mol. The van der Waals surface area contributed by atoms with Crippen molar-refractivity contribution >= 4 is 11.7 Å². The molecule has 0 unspecified atom stereocenters. The smallest absolute Gasteiger partial charge is 0.257 e. The minimum atomic E-state index is -1.62. The fourth-order valence-corrected chi connectivity index (χ4v) is 3.47. The topological polar surface area (TPSA) is 49.3 Å². The van der Waals surface area contributed by atoms with Crippen molar-refractivity contribution in [3.05, 3.63) is 52.5 Å². The third kappa shape index (κ3) is 2.89. The molecule has 4 rings (SSSR count). The molecule has 1 amide bonds. The summed E-state index contributed by atoms with van der Waals surface area (Å²) in [5.74, 6) is -4.23. The third-order valence-corrected chi connectivity index (χ3v) is 4.96. The van der Waals surface area contributed by atoms with Crippen LogP contribution < -0.4 is 4.90 Å². The molecule has 0 bridgehead atoms. The van der Waals surface area contributed by atoms with Gasteiger partial charge in [-0.25, -0.2) is 13.2 Å². The Morgan fingerprint density at radius 2 is 1.73 bits per heavy atom. The summed E-state index contributed by atoms with van der Waals surface area (Å²) in [6, 6.07) is 3.79. The third-order valence-electron chi connectivity index (χ3n) is 4.96. The van der Waals surface area contributed by atoms with Crippen LogP contribution in [0.5, 0.6) is 0 Å². The Bertz CT molecular complexity index is 866. The molecule has 1 fully saturated rings. The number of aryl methyl sites for hydroxylation is 2. The molecule has 0 atom stereocenters. The van der Waals surface area contributed by atoms with E-state index in [0.29, 0.717) is 26.2 Å². The number of hydrogen-bond donors (Lipinski definition) is 0. The van der Waals surface area contributed by atoms with E-state index in [1.54, 1.807) is 0 Å². The number of piperazine rings is 1. The Morgan fingerprint density at radius 1 is 0.962 bits per heavy atom. The van der Waals surface area contributed by atoms with Crippen LogP contribution in [-0.2, 0) is 12.8 Å². The Morgan fingerprint density at radius 3 is 2.50 bits per heavy atom. The molecule has 0 saturated carbocycles. The summed E-state index contributed by atoms with van der Waals surface area (Å²) in [7, 11) is 0. The van der Waals surface area contributed by atoms with Gasteiger partial charge in [0, 0.05) is 26.2 Å². The highest BCUT2D eigenvalue weighted by atomic mass is 19.2. The number of fused-ring (bicyclic) bond motifs is 1. The zero-order valence-electron chi connectivity index (χ0n) is 14.0. The summed E-state index contributed by atoms with van der Waals surface area (Å²) in [6.07, 6.45) is 3.06. The molecule has 2 aliphatic rings. The lowest BCUT2D eigenvalue weighted by Gasteiger charge is -2.35. The highest BCUT2D eigenvalue weighted by Crippen LogP contribution is 2.24. The molecular weight excluding hydrogens is 345 g/mol. The van der Waals surface area contributed by atoms with Crippen molar-refractivity contribution in [3.63, 3.8) is 0 Å². The van der Waals surface area contributed by atoms with Crippen molar-refractivity contribution in [2.75, 3.05) is 31.1 Å². The van der Waals surface area contributed by atoms with Gasteiger partial charge < -0.3 is 9.80 Å². The molecule has 0 N–H and O–H groups in total. The first-order chi connectivity index (χ1) is 12.5. The van der Waals surface area contributed by atoms with Crippen LogP contribution in [0.3, 0.4) is 0 Å². The summed E-state index contributed by atoms with van der Waals surface area (Å²) in [5, 5.41) is 8.53. The fourth-order valence-electron chi connectivity index (χ4n) is 3.47. The Kier molecular flexibility index (Phi) is 4.26. The first-order valence-corrected chi connectivity index (χ1v) is 8.58. The maximum Gasteiger partial charge on any atom is 0.257 e. The average molecular weight is 362 g/mol. The Balaban J connectivity index is 1.45. The number of rotatable bonds is 2. The van der Waals surface area contributed by atoms with Crippen molar-refractivity contribution in [3.8, 4) is 0 Å². The maximum absolute atomic E-state index is 13.8. The van der Waals surface area contributed by atoms with E-state index in [2.05, 4.69) is 10.2 Å². The molecule has 1 aromatic carbocycles. The highest BCUT2D eigenvalue weighted by Gasteiger charge is 2.27. The lowest BCUT2D eigenvalue weighted by Crippen LogP contribution is -2.49. The van der Waals surface area contributed by atoms with Crippen LogP contribution in [0.2, 0.25) is 0 Å². The van der Waals surface area contributed by atoms with Crippen molar-refractivity contribution in [1.82, 2.24) is 15.1 Å². The van der Waals surface area contributed by atoms with Gasteiger partial charge in [-0.1, -0.05) is 0 Å². The molecule has 136 valence electrons. The monoisotopic (exact) mass is 362 g/mol. The molecular formula is C18H17F3N4O. The summed E-state index contributed by atoms with van der Waals surface area (Å²) in [4.78, 5) is 15.9. The quantitative estimate of drug-likeness (QED) is 0.770. The van der Waals surface area contributed by atoms with Gasteiger partial charge in [-0.05, 0) is 43.0 Å². The predicted octanol–water partition coefficient (Wildman–Crippen LogP) is 2.34. The average Bonchev–Trinajstić information content (AvgIpc) is 3.14. The number of nitrogens with zero attached hydrogens (tertiary/aromatic N) is 4. The van der Waals surface area contributed by atoms with E-state index < -0.39 is 28.9 Å². The largest absolute Gasteiger partial charge is 0.352 e. The molecule has 26 heavy (non-hydrogen) atoms. The van der Waals surface area contributed by atoms with Crippen LogP contribution >= 0.6 is 0 Å². The minimum Gasteiger partial charge on any atom is -0.352 e. The van der Waals surface area contributed by atoms with E-state index in [-0.39, 0.29) is 0 Å². The van der Waals surface area contributed by atoms with Crippen molar-refractivity contribution in [2.45, 2.75) is 19.3 Å². The zero-order chi connectivity index (χ0) is 18.3. The van der Waals surface area contributed by atoms with E-state index in [4.69, 9.17) is 0 Å². The van der Waals surface area contributed by atoms with Crippen LogP contribution in [0.1, 0.15) is 28.0 Å². The summed E-state index contributed by atoms with van der Waals surface area (Å²) in [5.41, 5.74) is 1.82. The number of anilines is 1. The molecule has 1 aliphatic heterocycles. The highest BCUT2D eigenvalue weighted by molar-refractivity contribution is 5.94. The fraction of sp³-hybridized carbons (Fsp3) is 0.389. The summed E-state index contributed by atoms with van der Waals surface area (Å²) in [6.45, 7) is 1.72. The van der Waals surface area contributed by atoms with Crippen LogP contribution in [0, 0.1) is 17.5 Å². The molecule has 2 aromatic rings. The van der Waals surface area contributed by atoms with E-state index in [1.807, 2.05) is 11.0 Å². The second-order valence-electron chi connectivity index (χ2n) is 6.53. The van der Waals surface area contributed by atoms with Gasteiger partial charge in [0.15, 0.2) is 23.3 Å². The van der Waals surface area contributed by atoms with Gasteiger partial charge in [-0.3, -0.25) is 4.79 Å². The zero-order valence-corrected chi connectivity index (χ0v) is 14.0. The number of aromatic nitrogens is 2. The van der Waals surface area contributed by atoms with Gasteiger partial charge in [-0.15, -0.1) is 5.10 Å². The maximum atomic E-state index is 13.8. The molecule has 5 nitrogen and oxygen atoms in total. The first-order valence-electron chi connectivity index (χ1n) is 8.58. The van der Waals surface area contributed by atoms with E-state index in [9.17, 15) is 18.0 Å². The van der Waals surface area contributed by atoms with Crippen LogP contribution in [0.25, 0.3) is 0 Å². The second kappa shape index (κ2) is 6.59. The standard InChI is InChI=1S/C18H17F3N4O/c19-13-5-4-12(16(20)17(13)21)18(26)25-8-6-24(7-9-25)15-10-11-2-1-3-14(11)22-23-15/h4-5,10H,1-3,6-9H2. The molecule has 0 radical (unpaired) electrons. The van der Waals surface area contributed by atoms with Gasteiger partial charge >= 0.3 is 0 Å². The molecule has 2 heterocycles. The van der Waals surface area contributed by atoms with Gasteiger partial charge in [0.2, 0.25) is 0 Å². The number of amides is 1. The first kappa shape index (κ1) is 16.8. The van der Waals surface area contributed by atoms with Crippen LogP contribution in [0.15, 0.2) is 18.2 Å². The van der Waals surface area contributed by atoms with Crippen LogP contribution in [-0.4, -0.2) is 47.2 Å². The van der Waals surface area contributed by atoms with Gasteiger partial charge in [0.1, 0.15) is 0 Å². The number of benzene rings is 1. The van der Waals surface area contributed by atoms with Crippen LogP contribution in [0.4, 0.5) is 19.0 Å². The molecule has 0 spiro atoms. The summed E-state index contributed by atoms with van der Waals surface area (Å²) < 4.78 is 40.3. The number of carbonyl (C=O) groups excluding carboxylic acids is 1. The van der Waals surface area contributed by atoms with E-state index >= 15 is 0 Å². The lowest BCUT2D eigenvalue weighted by atomic mass is 10.1. The van der Waals surface area contributed by atoms with E-state index in [1.165, 1.54) is 10.5 Å². The normalized spacial score (nSPS) is 16.7. The molecule has 1 saturated heterocycles. The SMILES string of the molecule is O=C(c1ccc(F)c(F)c1F)N1CCN(c2cc3c(nn2)CCC3)CC1. The lowest BCUT2D eigenvalue weighted by molar-refractivity contribution is 0.0740. The second-order valence-corrected chi connectivity index (χ2v) is 6.53. The number of halogens is 3. The van der Waals surface area contributed by atoms with Crippen molar-refractivity contribution < 1.29 is 18.0 Å². The van der Waals surface area contributed by atoms with Gasteiger partial charge in [-0.2, -0.15) is 5.10 Å². The molecule has 1 aromatic heterocycles. The van der Waals surface area contributed by atoms with Crippen molar-refractivity contribution in [2.24, 2.45) is 0 Å². The van der Waals surface area contributed by atoms with Crippen molar-refractivity contribution in [1.29, 1.82) is 0 Å². The Hall–Kier alpha value is -2.64. The number of carbonyl (C=O) groups is 1.